The van der Waals surface area contributed by atoms with Crippen molar-refractivity contribution in [1.29, 1.82) is 0 Å². The van der Waals surface area contributed by atoms with Crippen LogP contribution in [0.4, 0.5) is 5.69 Å². The number of ether oxygens (including phenoxy) is 1. The maximum absolute atomic E-state index is 13.3. The fourth-order valence-electron chi connectivity index (χ4n) is 2.92. The number of halogens is 1. The molecule has 0 fully saturated rings. The number of hydrazone groups is 1. The van der Waals surface area contributed by atoms with E-state index in [-0.39, 0.29) is 10.6 Å². The highest BCUT2D eigenvalue weighted by molar-refractivity contribution is 7.92. The number of hydrogen-bond acceptors (Lipinski definition) is 5. The summed E-state index contributed by atoms with van der Waals surface area (Å²) in [6, 6.07) is 21.5. The molecule has 0 bridgehead atoms. The number of rotatable bonds is 10. The highest BCUT2D eigenvalue weighted by Crippen LogP contribution is 2.25. The molecule has 1 amide bonds. The van der Waals surface area contributed by atoms with Gasteiger partial charge in [-0.1, -0.05) is 49.7 Å². The van der Waals surface area contributed by atoms with E-state index in [1.54, 1.807) is 36.4 Å². The van der Waals surface area contributed by atoms with Gasteiger partial charge in [-0.25, -0.2) is 13.8 Å². The first-order chi connectivity index (χ1) is 16.3. The number of hydrogen-bond donors (Lipinski definition) is 1. The minimum atomic E-state index is -4.01. The van der Waals surface area contributed by atoms with Crippen molar-refractivity contribution in [3.05, 3.63) is 89.4 Å². The van der Waals surface area contributed by atoms with E-state index in [2.05, 4.69) is 24.4 Å². The Morgan fingerprint density at radius 1 is 1.06 bits per heavy atom. The molecule has 7 nitrogen and oxygen atoms in total. The SMILES string of the molecule is CC(C)COc1ccc(/C=N\NC(=O)CN(c2cccc(Cl)c2)S(=O)(=O)c2ccccc2)cc1. The summed E-state index contributed by atoms with van der Waals surface area (Å²) in [5, 5.41) is 4.30. The van der Waals surface area contributed by atoms with Crippen molar-refractivity contribution in [2.24, 2.45) is 11.0 Å². The summed E-state index contributed by atoms with van der Waals surface area (Å²) in [5.41, 5.74) is 3.41. The number of amides is 1. The first-order valence-corrected chi connectivity index (χ1v) is 12.5. The standard InChI is InChI=1S/C25H26ClN3O4S/c1-19(2)18-33-23-13-11-20(12-14-23)16-27-28-25(30)17-29(22-8-6-7-21(26)15-22)34(31,32)24-9-4-3-5-10-24/h3-16,19H,17-18H2,1-2H3,(H,28,30)/b27-16-. The summed E-state index contributed by atoms with van der Waals surface area (Å²) >= 11 is 6.06. The van der Waals surface area contributed by atoms with Gasteiger partial charge in [-0.15, -0.1) is 0 Å². The molecule has 0 aliphatic carbocycles. The van der Waals surface area contributed by atoms with Gasteiger partial charge in [0.05, 0.1) is 23.4 Å². The average molecular weight is 500 g/mol. The molecule has 0 spiro atoms. The van der Waals surface area contributed by atoms with Gasteiger partial charge in [-0.3, -0.25) is 9.10 Å². The van der Waals surface area contributed by atoms with E-state index in [1.807, 2.05) is 24.3 Å². The van der Waals surface area contributed by atoms with Gasteiger partial charge in [-0.2, -0.15) is 5.10 Å². The van der Waals surface area contributed by atoms with E-state index >= 15 is 0 Å². The number of sulfonamides is 1. The third kappa shape index (κ3) is 7.07. The van der Waals surface area contributed by atoms with E-state index in [0.717, 1.165) is 15.6 Å². The topological polar surface area (TPSA) is 88.1 Å². The van der Waals surface area contributed by atoms with Crippen LogP contribution >= 0.6 is 11.6 Å². The van der Waals surface area contributed by atoms with Crippen LogP contribution in [0.2, 0.25) is 5.02 Å². The molecule has 3 aromatic rings. The zero-order valence-electron chi connectivity index (χ0n) is 18.9. The number of nitrogens with one attached hydrogen (secondary N) is 1. The van der Waals surface area contributed by atoms with Crippen LogP contribution in [-0.2, 0) is 14.8 Å². The molecule has 0 saturated heterocycles. The molecular weight excluding hydrogens is 474 g/mol. The Labute approximate surface area is 205 Å². The van der Waals surface area contributed by atoms with Crippen molar-refractivity contribution in [3.63, 3.8) is 0 Å². The summed E-state index contributed by atoms with van der Waals surface area (Å²) in [6.45, 7) is 4.29. The molecule has 0 saturated carbocycles. The summed E-state index contributed by atoms with van der Waals surface area (Å²) < 4.78 is 33.2. The molecule has 178 valence electrons. The zero-order chi connectivity index (χ0) is 24.6. The summed E-state index contributed by atoms with van der Waals surface area (Å²) in [4.78, 5) is 12.7. The predicted octanol–water partition coefficient (Wildman–Crippen LogP) is 4.72. The molecule has 1 N–H and O–H groups in total. The lowest BCUT2D eigenvalue weighted by atomic mass is 10.2. The van der Waals surface area contributed by atoms with E-state index in [4.69, 9.17) is 16.3 Å². The summed E-state index contributed by atoms with van der Waals surface area (Å²) in [7, 11) is -4.01. The van der Waals surface area contributed by atoms with Gasteiger partial charge in [0.25, 0.3) is 15.9 Å². The first kappa shape index (κ1) is 25.3. The third-order valence-corrected chi connectivity index (χ3v) is 6.60. The van der Waals surface area contributed by atoms with Crippen LogP contribution in [0.3, 0.4) is 0 Å². The van der Waals surface area contributed by atoms with Crippen LogP contribution in [0.5, 0.6) is 5.75 Å². The molecule has 34 heavy (non-hydrogen) atoms. The number of anilines is 1. The van der Waals surface area contributed by atoms with Crippen LogP contribution in [0.25, 0.3) is 0 Å². The smallest absolute Gasteiger partial charge is 0.264 e. The van der Waals surface area contributed by atoms with Crippen LogP contribution in [0.1, 0.15) is 19.4 Å². The van der Waals surface area contributed by atoms with Gasteiger partial charge in [0.1, 0.15) is 12.3 Å². The van der Waals surface area contributed by atoms with E-state index in [1.165, 1.54) is 24.4 Å². The number of carbonyl (C=O) groups excluding carboxylic acids is 1. The van der Waals surface area contributed by atoms with Gasteiger partial charge in [0, 0.05) is 5.02 Å². The molecule has 0 aliphatic rings. The van der Waals surface area contributed by atoms with E-state index < -0.39 is 22.5 Å². The minimum Gasteiger partial charge on any atom is -0.493 e. The number of benzene rings is 3. The molecule has 0 radical (unpaired) electrons. The summed E-state index contributed by atoms with van der Waals surface area (Å²) in [5.74, 6) is 0.569. The van der Waals surface area contributed by atoms with Crippen molar-refractivity contribution in [2.75, 3.05) is 17.5 Å². The molecule has 3 rings (SSSR count). The molecule has 3 aromatic carbocycles. The minimum absolute atomic E-state index is 0.0612. The predicted molar refractivity (Wildman–Crippen MR) is 135 cm³/mol. The van der Waals surface area contributed by atoms with Crippen LogP contribution < -0.4 is 14.5 Å². The molecule has 0 unspecified atom stereocenters. The fourth-order valence-corrected chi connectivity index (χ4v) is 4.54. The number of carbonyl (C=O) groups is 1. The van der Waals surface area contributed by atoms with Crippen molar-refractivity contribution < 1.29 is 17.9 Å². The molecular formula is C25H26ClN3O4S. The zero-order valence-corrected chi connectivity index (χ0v) is 20.5. The van der Waals surface area contributed by atoms with Crippen LogP contribution in [0.15, 0.2) is 88.9 Å². The van der Waals surface area contributed by atoms with Gasteiger partial charge in [0.15, 0.2) is 0 Å². The summed E-state index contributed by atoms with van der Waals surface area (Å²) in [6.07, 6.45) is 1.47. The second kappa shape index (κ2) is 11.7. The largest absolute Gasteiger partial charge is 0.493 e. The van der Waals surface area contributed by atoms with Crippen molar-refractivity contribution >= 4 is 39.4 Å². The Balaban J connectivity index is 1.71. The molecule has 0 heterocycles. The maximum Gasteiger partial charge on any atom is 0.264 e. The average Bonchev–Trinajstić information content (AvgIpc) is 2.82. The Bertz CT molecular complexity index is 1230. The van der Waals surface area contributed by atoms with E-state index in [0.29, 0.717) is 17.5 Å². The lowest BCUT2D eigenvalue weighted by Crippen LogP contribution is -2.39. The monoisotopic (exact) mass is 499 g/mol. The Kier molecular flexibility index (Phi) is 8.67. The highest BCUT2D eigenvalue weighted by Gasteiger charge is 2.27. The van der Waals surface area contributed by atoms with Crippen LogP contribution in [-0.4, -0.2) is 33.7 Å². The van der Waals surface area contributed by atoms with Gasteiger partial charge < -0.3 is 4.74 Å². The van der Waals surface area contributed by atoms with Crippen LogP contribution in [0, 0.1) is 5.92 Å². The lowest BCUT2D eigenvalue weighted by molar-refractivity contribution is -0.119. The second-order valence-corrected chi connectivity index (χ2v) is 10.2. The van der Waals surface area contributed by atoms with Gasteiger partial charge >= 0.3 is 0 Å². The highest BCUT2D eigenvalue weighted by atomic mass is 35.5. The Hall–Kier alpha value is -3.36. The maximum atomic E-state index is 13.3. The van der Waals surface area contributed by atoms with E-state index in [9.17, 15) is 13.2 Å². The molecule has 0 aliphatic heterocycles. The molecule has 0 atom stereocenters. The Morgan fingerprint density at radius 2 is 1.76 bits per heavy atom. The van der Waals surface area contributed by atoms with Crippen molar-refractivity contribution in [1.82, 2.24) is 5.43 Å². The fraction of sp³-hybridized carbons (Fsp3) is 0.200. The van der Waals surface area contributed by atoms with Crippen molar-refractivity contribution in [2.45, 2.75) is 18.7 Å². The quantitative estimate of drug-likeness (QED) is 0.323. The Morgan fingerprint density at radius 3 is 2.41 bits per heavy atom. The van der Waals surface area contributed by atoms with Crippen molar-refractivity contribution in [3.8, 4) is 5.75 Å². The number of nitrogens with zero attached hydrogens (tertiary/aromatic N) is 2. The van der Waals surface area contributed by atoms with Gasteiger partial charge in [0.2, 0.25) is 0 Å². The molecule has 9 heteroatoms. The first-order valence-electron chi connectivity index (χ1n) is 10.6. The second-order valence-electron chi connectivity index (χ2n) is 7.87. The molecule has 0 aromatic heterocycles. The lowest BCUT2D eigenvalue weighted by Gasteiger charge is -2.23. The normalized spacial score (nSPS) is 11.5. The van der Waals surface area contributed by atoms with Gasteiger partial charge in [-0.05, 0) is 66.1 Å². The third-order valence-electron chi connectivity index (χ3n) is 4.58.